The molecule has 2 aromatic rings. The SMILES string of the molecule is CC(=O)c1csc(C(=O)N[C@H]2c3ccccc3C[C@H]2O)c1. The van der Waals surface area contributed by atoms with E-state index in [9.17, 15) is 14.7 Å². The van der Waals surface area contributed by atoms with Crippen LogP contribution in [-0.4, -0.2) is 22.9 Å². The van der Waals surface area contributed by atoms with Gasteiger partial charge < -0.3 is 10.4 Å². The molecule has 0 saturated carbocycles. The molecule has 1 aromatic carbocycles. The molecule has 0 aliphatic heterocycles. The van der Waals surface area contributed by atoms with Gasteiger partial charge >= 0.3 is 0 Å². The molecule has 2 atom stereocenters. The molecule has 0 spiro atoms. The zero-order valence-corrected chi connectivity index (χ0v) is 12.3. The lowest BCUT2D eigenvalue weighted by molar-refractivity contribution is 0.0862. The summed E-state index contributed by atoms with van der Waals surface area (Å²) in [5.41, 5.74) is 2.56. The number of amides is 1. The standard InChI is InChI=1S/C16H15NO3S/c1-9(18)11-7-14(21-8-11)16(20)17-15-12-5-3-2-4-10(12)6-13(15)19/h2-5,7-8,13,15,19H,6H2,1H3,(H,17,20)/t13-,15+/m1/s1. The second kappa shape index (κ2) is 5.42. The average molecular weight is 301 g/mol. The molecular formula is C16H15NO3S. The van der Waals surface area contributed by atoms with E-state index in [1.165, 1.54) is 18.3 Å². The van der Waals surface area contributed by atoms with Crippen molar-refractivity contribution in [3.05, 3.63) is 57.3 Å². The normalized spacial score (nSPS) is 20.1. The van der Waals surface area contributed by atoms with Gasteiger partial charge in [-0.15, -0.1) is 11.3 Å². The van der Waals surface area contributed by atoms with Crippen molar-refractivity contribution in [1.29, 1.82) is 0 Å². The number of hydrogen-bond donors (Lipinski definition) is 2. The van der Waals surface area contributed by atoms with Crippen molar-refractivity contribution in [3.8, 4) is 0 Å². The zero-order valence-electron chi connectivity index (χ0n) is 11.5. The molecule has 0 fully saturated rings. The van der Waals surface area contributed by atoms with Crippen LogP contribution in [0, 0.1) is 0 Å². The fourth-order valence-electron chi connectivity index (χ4n) is 2.60. The molecule has 108 valence electrons. The van der Waals surface area contributed by atoms with Crippen LogP contribution in [0.5, 0.6) is 0 Å². The van der Waals surface area contributed by atoms with E-state index in [2.05, 4.69) is 5.32 Å². The van der Waals surface area contributed by atoms with E-state index in [1.807, 2.05) is 24.3 Å². The van der Waals surface area contributed by atoms with E-state index in [0.29, 0.717) is 16.9 Å². The molecule has 2 N–H and O–H groups in total. The first-order chi connectivity index (χ1) is 10.1. The highest BCUT2D eigenvalue weighted by Gasteiger charge is 2.32. The van der Waals surface area contributed by atoms with E-state index < -0.39 is 12.1 Å². The average Bonchev–Trinajstić information content (AvgIpc) is 3.05. The van der Waals surface area contributed by atoms with Crippen molar-refractivity contribution in [2.45, 2.75) is 25.5 Å². The molecule has 1 aliphatic rings. The molecule has 1 amide bonds. The lowest BCUT2D eigenvalue weighted by Crippen LogP contribution is -2.33. The van der Waals surface area contributed by atoms with Crippen LogP contribution < -0.4 is 5.32 Å². The van der Waals surface area contributed by atoms with Gasteiger partial charge in [-0.3, -0.25) is 9.59 Å². The van der Waals surface area contributed by atoms with Crippen LogP contribution >= 0.6 is 11.3 Å². The monoisotopic (exact) mass is 301 g/mol. The Bertz CT molecular complexity index is 707. The maximum atomic E-state index is 12.3. The van der Waals surface area contributed by atoms with E-state index >= 15 is 0 Å². The van der Waals surface area contributed by atoms with Gasteiger partial charge in [0.15, 0.2) is 5.78 Å². The highest BCUT2D eigenvalue weighted by molar-refractivity contribution is 7.12. The molecular weight excluding hydrogens is 286 g/mol. The number of rotatable bonds is 3. The third kappa shape index (κ3) is 2.62. The molecule has 0 unspecified atom stereocenters. The molecule has 1 heterocycles. The van der Waals surface area contributed by atoms with E-state index in [0.717, 1.165) is 11.1 Å². The number of aliphatic hydroxyl groups excluding tert-OH is 1. The predicted molar refractivity (Wildman–Crippen MR) is 80.7 cm³/mol. The van der Waals surface area contributed by atoms with Crippen LogP contribution in [0.1, 0.15) is 44.1 Å². The summed E-state index contributed by atoms with van der Waals surface area (Å²) in [5.74, 6) is -0.315. The van der Waals surface area contributed by atoms with Gasteiger partial charge in [-0.25, -0.2) is 0 Å². The smallest absolute Gasteiger partial charge is 0.261 e. The van der Waals surface area contributed by atoms with Crippen molar-refractivity contribution in [3.63, 3.8) is 0 Å². The number of fused-ring (bicyclic) bond motifs is 1. The van der Waals surface area contributed by atoms with Gasteiger partial charge in [0, 0.05) is 17.4 Å². The van der Waals surface area contributed by atoms with Crippen LogP contribution in [0.25, 0.3) is 0 Å². The minimum Gasteiger partial charge on any atom is -0.390 e. The maximum absolute atomic E-state index is 12.3. The number of carbonyl (C=O) groups is 2. The van der Waals surface area contributed by atoms with Crippen LogP contribution in [0.4, 0.5) is 0 Å². The fourth-order valence-corrected chi connectivity index (χ4v) is 3.45. The largest absolute Gasteiger partial charge is 0.390 e. The molecule has 5 heteroatoms. The summed E-state index contributed by atoms with van der Waals surface area (Å²) in [6, 6.07) is 8.91. The summed E-state index contributed by atoms with van der Waals surface area (Å²) in [5, 5.41) is 14.7. The molecule has 0 bridgehead atoms. The topological polar surface area (TPSA) is 66.4 Å². The van der Waals surface area contributed by atoms with E-state index in [1.54, 1.807) is 11.4 Å². The molecule has 1 aromatic heterocycles. The fraction of sp³-hybridized carbons (Fsp3) is 0.250. The summed E-state index contributed by atoms with van der Waals surface area (Å²) in [6.45, 7) is 1.47. The molecule has 4 nitrogen and oxygen atoms in total. The predicted octanol–water partition coefficient (Wildman–Crippen LogP) is 2.34. The van der Waals surface area contributed by atoms with E-state index in [-0.39, 0.29) is 11.7 Å². The highest BCUT2D eigenvalue weighted by atomic mass is 32.1. The van der Waals surface area contributed by atoms with Crippen LogP contribution in [0.3, 0.4) is 0 Å². The van der Waals surface area contributed by atoms with Crippen molar-refractivity contribution in [1.82, 2.24) is 5.32 Å². The molecule has 0 radical (unpaired) electrons. The number of aliphatic hydroxyl groups is 1. The Hall–Kier alpha value is -1.98. The molecule has 21 heavy (non-hydrogen) atoms. The second-order valence-electron chi connectivity index (χ2n) is 5.18. The van der Waals surface area contributed by atoms with Gasteiger partial charge in [-0.05, 0) is 24.1 Å². The van der Waals surface area contributed by atoms with Crippen LogP contribution in [0.15, 0.2) is 35.7 Å². The minimum atomic E-state index is -0.612. The Morgan fingerprint density at radius 3 is 2.81 bits per heavy atom. The maximum Gasteiger partial charge on any atom is 0.261 e. The number of carbonyl (C=O) groups excluding carboxylic acids is 2. The Labute approximate surface area is 126 Å². The number of Topliss-reactive ketones (excluding diaryl/α,β-unsaturated/α-hetero) is 1. The first kappa shape index (κ1) is 14.0. The van der Waals surface area contributed by atoms with E-state index in [4.69, 9.17) is 0 Å². The van der Waals surface area contributed by atoms with Crippen molar-refractivity contribution in [2.75, 3.05) is 0 Å². The summed E-state index contributed by atoms with van der Waals surface area (Å²) < 4.78 is 0. The third-order valence-corrected chi connectivity index (χ3v) is 4.65. The van der Waals surface area contributed by atoms with Crippen LogP contribution in [-0.2, 0) is 6.42 Å². The number of ketones is 1. The van der Waals surface area contributed by atoms with Crippen LogP contribution in [0.2, 0.25) is 0 Å². The summed E-state index contributed by atoms with van der Waals surface area (Å²) >= 11 is 1.24. The van der Waals surface area contributed by atoms with Gasteiger partial charge in [0.05, 0.1) is 17.0 Å². The lowest BCUT2D eigenvalue weighted by atomic mass is 10.1. The summed E-state index contributed by atoms with van der Waals surface area (Å²) in [4.78, 5) is 24.0. The van der Waals surface area contributed by atoms with Crippen molar-refractivity contribution >= 4 is 23.0 Å². The summed E-state index contributed by atoms with van der Waals surface area (Å²) in [6.07, 6.45) is -0.0665. The Morgan fingerprint density at radius 2 is 2.10 bits per heavy atom. The Kier molecular flexibility index (Phi) is 3.61. The van der Waals surface area contributed by atoms with Gasteiger partial charge in [-0.1, -0.05) is 24.3 Å². The molecule has 1 aliphatic carbocycles. The highest BCUT2D eigenvalue weighted by Crippen LogP contribution is 2.31. The second-order valence-corrected chi connectivity index (χ2v) is 6.09. The number of hydrogen-bond acceptors (Lipinski definition) is 4. The van der Waals surface area contributed by atoms with Gasteiger partial charge in [0.25, 0.3) is 5.91 Å². The first-order valence-electron chi connectivity index (χ1n) is 6.72. The van der Waals surface area contributed by atoms with Gasteiger partial charge in [0.2, 0.25) is 0 Å². The summed E-state index contributed by atoms with van der Waals surface area (Å²) in [7, 11) is 0. The van der Waals surface area contributed by atoms with Gasteiger partial charge in [0.1, 0.15) is 0 Å². The number of benzene rings is 1. The first-order valence-corrected chi connectivity index (χ1v) is 7.60. The third-order valence-electron chi connectivity index (χ3n) is 3.72. The Morgan fingerprint density at radius 1 is 1.33 bits per heavy atom. The van der Waals surface area contributed by atoms with Crippen molar-refractivity contribution < 1.29 is 14.7 Å². The van der Waals surface area contributed by atoms with Gasteiger partial charge in [-0.2, -0.15) is 0 Å². The van der Waals surface area contributed by atoms with Crippen molar-refractivity contribution in [2.24, 2.45) is 0 Å². The molecule has 3 rings (SSSR count). The Balaban J connectivity index is 1.80. The zero-order chi connectivity index (χ0) is 15.0. The minimum absolute atomic E-state index is 0.0588. The number of nitrogens with one attached hydrogen (secondary N) is 1. The number of thiophene rings is 1. The quantitative estimate of drug-likeness (QED) is 0.855. The lowest BCUT2D eigenvalue weighted by Gasteiger charge is -2.17. The molecule has 0 saturated heterocycles.